The number of carbonyl (C=O) groups is 1. The number of nitrogens with one attached hydrogen (secondary N) is 1. The summed E-state index contributed by atoms with van der Waals surface area (Å²) in [4.78, 5) is 14.3. The van der Waals surface area contributed by atoms with Crippen molar-refractivity contribution in [2.75, 3.05) is 32.8 Å². The highest BCUT2D eigenvalue weighted by Crippen LogP contribution is 2.46. The number of hydrogen-bond acceptors (Lipinski definition) is 2. The van der Waals surface area contributed by atoms with Crippen molar-refractivity contribution in [1.29, 1.82) is 0 Å². The van der Waals surface area contributed by atoms with Crippen LogP contribution in [0.15, 0.2) is 30.3 Å². The maximum Gasteiger partial charge on any atom is 0.317 e. The first-order chi connectivity index (χ1) is 10.8. The van der Waals surface area contributed by atoms with Gasteiger partial charge in [0.2, 0.25) is 0 Å². The van der Waals surface area contributed by atoms with E-state index in [4.69, 9.17) is 4.74 Å². The van der Waals surface area contributed by atoms with Crippen molar-refractivity contribution in [3.63, 3.8) is 0 Å². The fraction of sp³-hybridized carbons (Fsp3) is 0.611. The Balaban J connectivity index is 1.24. The molecular formula is C18H24N2O2. The van der Waals surface area contributed by atoms with E-state index in [0.717, 1.165) is 45.7 Å². The van der Waals surface area contributed by atoms with Gasteiger partial charge in [-0.05, 0) is 36.7 Å². The molecule has 0 radical (unpaired) electrons. The van der Waals surface area contributed by atoms with Gasteiger partial charge < -0.3 is 15.0 Å². The smallest absolute Gasteiger partial charge is 0.317 e. The van der Waals surface area contributed by atoms with E-state index in [9.17, 15) is 4.79 Å². The zero-order chi connectivity index (χ0) is 15.0. The maximum atomic E-state index is 12.3. The van der Waals surface area contributed by atoms with Crippen LogP contribution in [-0.2, 0) is 4.74 Å². The van der Waals surface area contributed by atoms with Gasteiger partial charge in [-0.2, -0.15) is 0 Å². The maximum absolute atomic E-state index is 12.3. The third-order valence-electron chi connectivity index (χ3n) is 5.58. The summed E-state index contributed by atoms with van der Waals surface area (Å²) >= 11 is 0. The monoisotopic (exact) mass is 300 g/mol. The second-order valence-electron chi connectivity index (χ2n) is 7.17. The number of hydrogen-bond donors (Lipinski definition) is 1. The van der Waals surface area contributed by atoms with E-state index < -0.39 is 0 Å². The molecule has 118 valence electrons. The van der Waals surface area contributed by atoms with Crippen LogP contribution in [-0.4, -0.2) is 43.8 Å². The topological polar surface area (TPSA) is 41.6 Å². The van der Waals surface area contributed by atoms with Gasteiger partial charge in [0.15, 0.2) is 0 Å². The lowest BCUT2D eigenvalue weighted by Gasteiger charge is -2.22. The molecule has 2 aliphatic heterocycles. The second kappa shape index (κ2) is 5.58. The second-order valence-corrected chi connectivity index (χ2v) is 7.17. The van der Waals surface area contributed by atoms with Crippen LogP contribution < -0.4 is 5.32 Å². The molecule has 2 saturated heterocycles. The van der Waals surface area contributed by atoms with Crippen LogP contribution in [0, 0.1) is 11.3 Å². The molecule has 1 aliphatic carbocycles. The molecule has 1 N–H and O–H groups in total. The van der Waals surface area contributed by atoms with Gasteiger partial charge in [-0.3, -0.25) is 0 Å². The first-order valence-corrected chi connectivity index (χ1v) is 8.41. The van der Waals surface area contributed by atoms with Crippen LogP contribution in [0.1, 0.15) is 30.7 Å². The van der Waals surface area contributed by atoms with Gasteiger partial charge in [0.1, 0.15) is 0 Å². The number of likely N-dealkylation sites (tertiary alicyclic amines) is 1. The van der Waals surface area contributed by atoms with Crippen LogP contribution in [0.2, 0.25) is 0 Å². The molecule has 1 spiro atoms. The Kier molecular flexibility index (Phi) is 3.57. The van der Waals surface area contributed by atoms with E-state index in [1.807, 2.05) is 4.90 Å². The first-order valence-electron chi connectivity index (χ1n) is 8.41. The van der Waals surface area contributed by atoms with E-state index in [1.165, 1.54) is 12.0 Å². The molecule has 3 atom stereocenters. The van der Waals surface area contributed by atoms with Gasteiger partial charge in [0.25, 0.3) is 0 Å². The molecule has 3 fully saturated rings. The predicted molar refractivity (Wildman–Crippen MR) is 84.7 cm³/mol. The van der Waals surface area contributed by atoms with Crippen molar-refractivity contribution >= 4 is 6.03 Å². The third kappa shape index (κ3) is 2.72. The Labute approximate surface area is 131 Å². The van der Waals surface area contributed by atoms with Gasteiger partial charge in [-0.25, -0.2) is 4.79 Å². The van der Waals surface area contributed by atoms with E-state index in [2.05, 4.69) is 35.6 Å². The number of carbonyl (C=O) groups excluding carboxylic acids is 1. The van der Waals surface area contributed by atoms with E-state index >= 15 is 0 Å². The van der Waals surface area contributed by atoms with Crippen LogP contribution in [0.3, 0.4) is 0 Å². The minimum Gasteiger partial charge on any atom is -0.381 e. The summed E-state index contributed by atoms with van der Waals surface area (Å²) in [6, 6.07) is 10.7. The SMILES string of the molecule is O=C(NC[C@@H]1C[C@@H]1c1ccccc1)N1CC[C@@]2(CCOC2)C1. The number of rotatable bonds is 3. The minimum atomic E-state index is 0.113. The molecule has 0 aromatic heterocycles. The van der Waals surface area contributed by atoms with E-state index in [-0.39, 0.29) is 11.4 Å². The molecule has 0 unspecified atom stereocenters. The molecule has 1 saturated carbocycles. The van der Waals surface area contributed by atoms with Gasteiger partial charge in [-0.1, -0.05) is 30.3 Å². The normalized spacial score (nSPS) is 33.4. The summed E-state index contributed by atoms with van der Waals surface area (Å²) in [5.74, 6) is 1.24. The number of nitrogens with zero attached hydrogens (tertiary/aromatic N) is 1. The van der Waals surface area contributed by atoms with Crippen LogP contribution in [0.25, 0.3) is 0 Å². The zero-order valence-corrected chi connectivity index (χ0v) is 13.0. The fourth-order valence-corrected chi connectivity index (χ4v) is 3.99. The predicted octanol–water partition coefficient (Wildman–Crippen LogP) is 2.61. The quantitative estimate of drug-likeness (QED) is 0.932. The van der Waals surface area contributed by atoms with E-state index in [1.54, 1.807) is 0 Å². The average Bonchev–Trinajstić information content (AvgIpc) is 2.99. The Bertz CT molecular complexity index is 539. The molecule has 3 aliphatic rings. The molecule has 1 aromatic carbocycles. The number of urea groups is 1. The molecule has 4 heteroatoms. The first kappa shape index (κ1) is 14.1. The molecule has 2 amide bonds. The van der Waals surface area contributed by atoms with Crippen molar-refractivity contribution in [3.8, 4) is 0 Å². The van der Waals surface area contributed by atoms with Crippen LogP contribution in [0.4, 0.5) is 4.79 Å². The molecule has 4 rings (SSSR count). The van der Waals surface area contributed by atoms with Crippen molar-refractivity contribution < 1.29 is 9.53 Å². The molecule has 2 heterocycles. The number of ether oxygens (including phenoxy) is 1. The number of benzene rings is 1. The molecule has 1 aromatic rings. The highest BCUT2D eigenvalue weighted by molar-refractivity contribution is 5.74. The minimum absolute atomic E-state index is 0.113. The summed E-state index contributed by atoms with van der Waals surface area (Å²) < 4.78 is 5.52. The standard InChI is InChI=1S/C18H24N2O2/c21-17(20-8-6-18(12-20)7-9-22-13-18)19-11-15-10-16(15)14-4-2-1-3-5-14/h1-5,15-16H,6-13H2,(H,19,21)/t15-,16+,18+/m0/s1. The van der Waals surface area contributed by atoms with Crippen molar-refractivity contribution in [3.05, 3.63) is 35.9 Å². The van der Waals surface area contributed by atoms with Crippen LogP contribution >= 0.6 is 0 Å². The van der Waals surface area contributed by atoms with Crippen molar-refractivity contribution in [1.82, 2.24) is 10.2 Å². The zero-order valence-electron chi connectivity index (χ0n) is 13.0. The summed E-state index contributed by atoms with van der Waals surface area (Å²) in [5, 5.41) is 3.14. The third-order valence-corrected chi connectivity index (χ3v) is 5.58. The summed E-state index contributed by atoms with van der Waals surface area (Å²) in [6.45, 7) is 4.23. The van der Waals surface area contributed by atoms with Crippen LogP contribution in [0.5, 0.6) is 0 Å². The lowest BCUT2D eigenvalue weighted by atomic mass is 9.87. The average molecular weight is 300 g/mol. The molecule has 0 bridgehead atoms. The summed E-state index contributed by atoms with van der Waals surface area (Å²) in [5.41, 5.74) is 1.66. The van der Waals surface area contributed by atoms with Gasteiger partial charge >= 0.3 is 6.03 Å². The van der Waals surface area contributed by atoms with Crippen molar-refractivity contribution in [2.45, 2.75) is 25.2 Å². The van der Waals surface area contributed by atoms with Gasteiger partial charge in [0, 0.05) is 31.7 Å². The van der Waals surface area contributed by atoms with Gasteiger partial charge in [0.05, 0.1) is 6.61 Å². The fourth-order valence-electron chi connectivity index (χ4n) is 3.99. The Morgan fingerprint density at radius 3 is 2.95 bits per heavy atom. The van der Waals surface area contributed by atoms with Crippen molar-refractivity contribution in [2.24, 2.45) is 11.3 Å². The lowest BCUT2D eigenvalue weighted by Crippen LogP contribution is -2.40. The summed E-state index contributed by atoms with van der Waals surface area (Å²) in [7, 11) is 0. The lowest BCUT2D eigenvalue weighted by molar-refractivity contribution is 0.152. The Morgan fingerprint density at radius 1 is 1.32 bits per heavy atom. The van der Waals surface area contributed by atoms with Gasteiger partial charge in [-0.15, -0.1) is 0 Å². The molecular weight excluding hydrogens is 276 g/mol. The van der Waals surface area contributed by atoms with E-state index in [0.29, 0.717) is 11.8 Å². The summed E-state index contributed by atoms with van der Waals surface area (Å²) in [6.07, 6.45) is 3.40. The molecule has 22 heavy (non-hydrogen) atoms. The molecule has 4 nitrogen and oxygen atoms in total. The highest BCUT2D eigenvalue weighted by atomic mass is 16.5. The number of amides is 2. The Morgan fingerprint density at radius 2 is 2.18 bits per heavy atom. The Hall–Kier alpha value is -1.55. The largest absolute Gasteiger partial charge is 0.381 e. The highest BCUT2D eigenvalue weighted by Gasteiger charge is 2.43.